The molecule has 66 valence electrons. The standard InChI is InChI=1S/C8H7N3O2/c1-6-8-7(11(12)13)2-4-10(8)5-3-9-6/h2-5H,1H3. The summed E-state index contributed by atoms with van der Waals surface area (Å²) >= 11 is 0. The van der Waals surface area contributed by atoms with Crippen LogP contribution in [-0.2, 0) is 0 Å². The van der Waals surface area contributed by atoms with Crippen molar-refractivity contribution < 1.29 is 4.92 Å². The monoisotopic (exact) mass is 177 g/mol. The van der Waals surface area contributed by atoms with Gasteiger partial charge in [-0.05, 0) is 6.92 Å². The van der Waals surface area contributed by atoms with Gasteiger partial charge in [-0.1, -0.05) is 0 Å². The van der Waals surface area contributed by atoms with Gasteiger partial charge in [0.1, 0.15) is 5.52 Å². The Morgan fingerprint density at radius 1 is 1.54 bits per heavy atom. The van der Waals surface area contributed by atoms with Gasteiger partial charge in [-0.2, -0.15) is 0 Å². The van der Waals surface area contributed by atoms with Gasteiger partial charge in [-0.25, -0.2) is 0 Å². The van der Waals surface area contributed by atoms with Crippen LogP contribution in [0.5, 0.6) is 0 Å². The molecule has 0 spiro atoms. The van der Waals surface area contributed by atoms with Gasteiger partial charge in [0.2, 0.25) is 0 Å². The molecule has 0 aliphatic rings. The number of aryl methyl sites for hydroxylation is 1. The lowest BCUT2D eigenvalue weighted by atomic mass is 10.3. The van der Waals surface area contributed by atoms with Gasteiger partial charge < -0.3 is 4.40 Å². The highest BCUT2D eigenvalue weighted by Gasteiger charge is 2.14. The molecule has 0 unspecified atom stereocenters. The molecule has 0 saturated carbocycles. The predicted octanol–water partition coefficient (Wildman–Crippen LogP) is 1.55. The Kier molecular flexibility index (Phi) is 1.51. The number of fused-ring (bicyclic) bond motifs is 1. The molecule has 0 atom stereocenters. The first kappa shape index (κ1) is 7.72. The summed E-state index contributed by atoms with van der Waals surface area (Å²) in [6.07, 6.45) is 4.96. The van der Waals surface area contributed by atoms with Gasteiger partial charge in [0.25, 0.3) is 5.69 Å². The molecule has 0 amide bonds. The molecular weight excluding hydrogens is 170 g/mol. The van der Waals surface area contributed by atoms with E-state index in [0.717, 1.165) is 0 Å². The van der Waals surface area contributed by atoms with Gasteiger partial charge in [0.05, 0.1) is 10.6 Å². The summed E-state index contributed by atoms with van der Waals surface area (Å²) in [5, 5.41) is 10.6. The molecular formula is C8H7N3O2. The first-order chi connectivity index (χ1) is 6.20. The molecule has 0 bridgehead atoms. The summed E-state index contributed by atoms with van der Waals surface area (Å²) in [6.45, 7) is 1.75. The Hall–Kier alpha value is -1.91. The lowest BCUT2D eigenvalue weighted by Gasteiger charge is -1.96. The highest BCUT2D eigenvalue weighted by atomic mass is 16.6. The van der Waals surface area contributed by atoms with Crippen LogP contribution in [0.4, 0.5) is 5.69 Å². The topological polar surface area (TPSA) is 60.4 Å². The van der Waals surface area contributed by atoms with E-state index in [1.54, 1.807) is 29.9 Å². The van der Waals surface area contributed by atoms with Gasteiger partial charge in [-0.15, -0.1) is 0 Å². The number of hydrogen-bond donors (Lipinski definition) is 0. The van der Waals surface area contributed by atoms with Gasteiger partial charge >= 0.3 is 0 Å². The van der Waals surface area contributed by atoms with Crippen LogP contribution in [-0.4, -0.2) is 14.3 Å². The fourth-order valence-corrected chi connectivity index (χ4v) is 1.36. The average Bonchev–Trinajstić information content (AvgIpc) is 2.49. The van der Waals surface area contributed by atoms with E-state index in [0.29, 0.717) is 11.2 Å². The van der Waals surface area contributed by atoms with Crippen molar-refractivity contribution in [3.05, 3.63) is 40.5 Å². The Morgan fingerprint density at radius 3 is 3.00 bits per heavy atom. The Bertz CT molecular complexity index is 475. The Labute approximate surface area is 73.8 Å². The van der Waals surface area contributed by atoms with Crippen LogP contribution in [0.1, 0.15) is 5.69 Å². The molecule has 0 radical (unpaired) electrons. The first-order valence-corrected chi connectivity index (χ1v) is 3.77. The van der Waals surface area contributed by atoms with Gasteiger partial charge in [0.15, 0.2) is 0 Å². The van der Waals surface area contributed by atoms with Crippen LogP contribution in [0.2, 0.25) is 0 Å². The minimum absolute atomic E-state index is 0.102. The van der Waals surface area contributed by atoms with E-state index in [-0.39, 0.29) is 5.69 Å². The summed E-state index contributed by atoms with van der Waals surface area (Å²) in [4.78, 5) is 14.2. The molecule has 2 heterocycles. The lowest BCUT2D eigenvalue weighted by molar-refractivity contribution is -0.383. The van der Waals surface area contributed by atoms with E-state index in [1.165, 1.54) is 6.07 Å². The van der Waals surface area contributed by atoms with E-state index in [2.05, 4.69) is 4.98 Å². The maximum absolute atomic E-state index is 10.6. The van der Waals surface area contributed by atoms with Crippen molar-refractivity contribution >= 4 is 11.2 Å². The van der Waals surface area contributed by atoms with E-state index in [4.69, 9.17) is 0 Å². The van der Waals surface area contributed by atoms with Crippen molar-refractivity contribution in [1.82, 2.24) is 9.38 Å². The third kappa shape index (κ3) is 1.05. The van der Waals surface area contributed by atoms with Crippen LogP contribution >= 0.6 is 0 Å². The minimum Gasteiger partial charge on any atom is -0.315 e. The smallest absolute Gasteiger partial charge is 0.296 e. The molecule has 0 aliphatic carbocycles. The van der Waals surface area contributed by atoms with E-state index in [9.17, 15) is 10.1 Å². The maximum Gasteiger partial charge on any atom is 0.296 e. The number of aromatic nitrogens is 2. The molecule has 13 heavy (non-hydrogen) atoms. The molecule has 2 aromatic rings. The van der Waals surface area contributed by atoms with E-state index in [1.807, 2.05) is 0 Å². The third-order valence-corrected chi connectivity index (χ3v) is 1.93. The quantitative estimate of drug-likeness (QED) is 0.490. The fourth-order valence-electron chi connectivity index (χ4n) is 1.36. The SMILES string of the molecule is Cc1nccn2ccc([N+](=O)[O-])c12. The first-order valence-electron chi connectivity index (χ1n) is 3.77. The summed E-state index contributed by atoms with van der Waals surface area (Å²) < 4.78 is 1.69. The number of nitrogens with zero attached hydrogens (tertiary/aromatic N) is 3. The van der Waals surface area contributed by atoms with Crippen molar-refractivity contribution in [2.75, 3.05) is 0 Å². The number of nitro groups is 1. The van der Waals surface area contributed by atoms with Crippen LogP contribution in [0, 0.1) is 17.0 Å². The molecule has 0 aromatic carbocycles. The second-order valence-electron chi connectivity index (χ2n) is 2.73. The highest BCUT2D eigenvalue weighted by molar-refractivity contribution is 5.68. The summed E-state index contributed by atoms with van der Waals surface area (Å²) in [5.41, 5.74) is 1.33. The molecule has 5 heteroatoms. The summed E-state index contributed by atoms with van der Waals surface area (Å²) in [6, 6.07) is 1.48. The Morgan fingerprint density at radius 2 is 2.31 bits per heavy atom. The zero-order chi connectivity index (χ0) is 9.42. The molecule has 0 saturated heterocycles. The molecule has 2 rings (SSSR count). The number of hydrogen-bond acceptors (Lipinski definition) is 3. The summed E-state index contributed by atoms with van der Waals surface area (Å²) in [5.74, 6) is 0. The van der Waals surface area contributed by atoms with Crippen molar-refractivity contribution in [2.45, 2.75) is 6.92 Å². The zero-order valence-electron chi connectivity index (χ0n) is 6.97. The maximum atomic E-state index is 10.6. The van der Waals surface area contributed by atoms with E-state index < -0.39 is 4.92 Å². The molecule has 0 fully saturated rings. The van der Waals surface area contributed by atoms with Crippen molar-refractivity contribution in [3.63, 3.8) is 0 Å². The lowest BCUT2D eigenvalue weighted by Crippen LogP contribution is -1.92. The van der Waals surface area contributed by atoms with Crippen molar-refractivity contribution in [2.24, 2.45) is 0 Å². The normalized spacial score (nSPS) is 10.5. The van der Waals surface area contributed by atoms with Gasteiger partial charge in [-0.3, -0.25) is 15.1 Å². The second-order valence-corrected chi connectivity index (χ2v) is 2.73. The molecule has 5 nitrogen and oxygen atoms in total. The van der Waals surface area contributed by atoms with Crippen molar-refractivity contribution in [3.8, 4) is 0 Å². The van der Waals surface area contributed by atoms with Crippen LogP contribution < -0.4 is 0 Å². The van der Waals surface area contributed by atoms with E-state index >= 15 is 0 Å². The highest BCUT2D eigenvalue weighted by Crippen LogP contribution is 2.22. The average molecular weight is 177 g/mol. The van der Waals surface area contributed by atoms with Crippen LogP contribution in [0.15, 0.2) is 24.7 Å². The molecule has 2 aromatic heterocycles. The van der Waals surface area contributed by atoms with Crippen molar-refractivity contribution in [1.29, 1.82) is 0 Å². The minimum atomic E-state index is -0.399. The third-order valence-electron chi connectivity index (χ3n) is 1.93. The predicted molar refractivity (Wildman–Crippen MR) is 46.6 cm³/mol. The van der Waals surface area contributed by atoms with Crippen LogP contribution in [0.3, 0.4) is 0 Å². The number of rotatable bonds is 1. The molecule has 0 N–H and O–H groups in total. The second kappa shape index (κ2) is 2.55. The van der Waals surface area contributed by atoms with Crippen LogP contribution in [0.25, 0.3) is 5.52 Å². The summed E-state index contributed by atoms with van der Waals surface area (Å²) in [7, 11) is 0. The fraction of sp³-hybridized carbons (Fsp3) is 0.125. The zero-order valence-corrected chi connectivity index (χ0v) is 6.97. The Balaban J connectivity index is 2.86. The molecule has 0 aliphatic heterocycles. The largest absolute Gasteiger partial charge is 0.315 e. The van der Waals surface area contributed by atoms with Gasteiger partial charge in [0, 0.05) is 24.7 Å².